The van der Waals surface area contributed by atoms with Gasteiger partial charge in [0.05, 0.1) is 0 Å². The van der Waals surface area contributed by atoms with E-state index in [1.165, 1.54) is 5.56 Å². The maximum atomic E-state index is 9.20. The van der Waals surface area contributed by atoms with E-state index in [1.54, 1.807) is 0 Å². The summed E-state index contributed by atoms with van der Waals surface area (Å²) in [7, 11) is 1.93. The summed E-state index contributed by atoms with van der Waals surface area (Å²) in [6, 6.07) is 8.46. The Morgan fingerprint density at radius 2 is 2.12 bits per heavy atom. The second-order valence-corrected chi connectivity index (χ2v) is 5.45. The van der Waals surface area contributed by atoms with Gasteiger partial charge in [-0.25, -0.2) is 0 Å². The van der Waals surface area contributed by atoms with E-state index in [0.29, 0.717) is 5.92 Å². The predicted octanol–water partition coefficient (Wildman–Crippen LogP) is 0.692. The van der Waals surface area contributed by atoms with Crippen molar-refractivity contribution in [1.82, 2.24) is 10.7 Å². The number of benzene rings is 1. The summed E-state index contributed by atoms with van der Waals surface area (Å²) in [5, 5.41) is 16.8. The molecular formula is C12H15N3OW. The first-order valence-corrected chi connectivity index (χ1v) is 6.95. The van der Waals surface area contributed by atoms with E-state index < -0.39 is 0 Å². The number of hydrogen-bond donors (Lipinski definition) is 3. The summed E-state index contributed by atoms with van der Waals surface area (Å²) in [5.74, 6) is 0.392. The maximum absolute atomic E-state index is 9.20. The van der Waals surface area contributed by atoms with Crippen LogP contribution in [0.4, 0.5) is 0 Å². The fourth-order valence-electron chi connectivity index (χ4n) is 2.34. The molecule has 0 bridgehead atoms. The summed E-state index contributed by atoms with van der Waals surface area (Å²) in [4.78, 5) is 0. The molecule has 0 heterocycles. The molecule has 0 spiro atoms. The average Bonchev–Trinajstić information content (AvgIpc) is 2.60. The number of nitrogens with one attached hydrogen (secondary N) is 2. The number of hydrogen-bond acceptors (Lipinski definition) is 4. The fourth-order valence-corrected chi connectivity index (χ4v) is 2.50. The molecule has 0 radical (unpaired) electrons. The summed E-state index contributed by atoms with van der Waals surface area (Å²) in [6.45, 7) is 2.18. The zero-order valence-corrected chi connectivity index (χ0v) is 12.7. The van der Waals surface area contributed by atoms with Gasteiger partial charge in [0.15, 0.2) is 0 Å². The van der Waals surface area contributed by atoms with Crippen LogP contribution < -0.4 is 10.7 Å². The van der Waals surface area contributed by atoms with Gasteiger partial charge in [0.25, 0.3) is 0 Å². The average molecular weight is 401 g/mol. The van der Waals surface area contributed by atoms with Crippen molar-refractivity contribution in [3.8, 4) is 0 Å². The molecule has 2 atom stereocenters. The molecule has 0 aromatic heterocycles. The Morgan fingerprint density at radius 1 is 1.41 bits per heavy atom. The molecule has 3 N–H and O–H groups in total. The Hall–Kier alpha value is -0.832. The molecular weight excluding hydrogens is 386 g/mol. The van der Waals surface area contributed by atoms with Crippen LogP contribution in [0.25, 0.3) is 0 Å². The van der Waals surface area contributed by atoms with Crippen LogP contribution in [0.5, 0.6) is 0 Å². The van der Waals surface area contributed by atoms with Gasteiger partial charge in [-0.05, 0) is 0 Å². The van der Waals surface area contributed by atoms with E-state index >= 15 is 0 Å². The molecule has 4 nitrogen and oxygen atoms in total. The number of aliphatic hydroxyl groups is 1. The number of fused-ring (bicyclic) bond motifs is 1. The van der Waals surface area contributed by atoms with Crippen molar-refractivity contribution in [2.75, 3.05) is 7.05 Å². The number of aliphatic hydroxyl groups excluding tert-OH is 1. The summed E-state index contributed by atoms with van der Waals surface area (Å²) >= 11 is 0.977. The van der Waals surface area contributed by atoms with Crippen molar-refractivity contribution in [3.05, 3.63) is 35.4 Å². The van der Waals surface area contributed by atoms with Crippen LogP contribution >= 0.6 is 0 Å². The summed E-state index contributed by atoms with van der Waals surface area (Å²) < 4.78 is 0.185. The van der Waals surface area contributed by atoms with Gasteiger partial charge in [0, 0.05) is 0 Å². The third kappa shape index (κ3) is 2.39. The van der Waals surface area contributed by atoms with Gasteiger partial charge in [-0.1, -0.05) is 0 Å². The van der Waals surface area contributed by atoms with Crippen LogP contribution in [0, 0.1) is 0 Å². The standard InChI is InChI=1S/C12H15N3O.W/c1-8-9-5-3-4-6-10(9)12(11(8)13-2)15-14-7-16;/h3-6,8,11,13-14,16H,1-2H3;/b15-12-;. The molecule has 1 aromatic carbocycles. The minimum absolute atomic E-state index is 0.185. The molecule has 0 amide bonds. The normalized spacial score (nSPS) is 24.8. The van der Waals surface area contributed by atoms with Crippen molar-refractivity contribution in [3.63, 3.8) is 0 Å². The van der Waals surface area contributed by atoms with Crippen molar-refractivity contribution in [2.24, 2.45) is 5.10 Å². The van der Waals surface area contributed by atoms with Gasteiger partial charge >= 0.3 is 112 Å². The molecule has 90 valence electrons. The second-order valence-electron chi connectivity index (χ2n) is 4.06. The number of rotatable bonds is 3. The number of nitrogens with zero attached hydrogens (tertiary/aromatic N) is 1. The summed E-state index contributed by atoms with van der Waals surface area (Å²) in [6.07, 6.45) is 0. The second kappa shape index (κ2) is 5.21. The van der Waals surface area contributed by atoms with E-state index in [9.17, 15) is 5.11 Å². The quantitative estimate of drug-likeness (QED) is 0.654. The van der Waals surface area contributed by atoms with E-state index in [4.69, 9.17) is 0 Å². The van der Waals surface area contributed by atoms with Gasteiger partial charge in [-0.2, -0.15) is 0 Å². The Kier molecular flexibility index (Phi) is 3.87. The van der Waals surface area contributed by atoms with E-state index in [1.807, 2.05) is 19.2 Å². The summed E-state index contributed by atoms with van der Waals surface area (Å²) in [5.41, 5.74) is 6.09. The van der Waals surface area contributed by atoms with Gasteiger partial charge in [0.1, 0.15) is 0 Å². The first kappa shape index (κ1) is 12.6. The Balaban J connectivity index is 2.42. The Labute approximate surface area is 112 Å². The van der Waals surface area contributed by atoms with Gasteiger partial charge in [-0.3, -0.25) is 0 Å². The fraction of sp³-hybridized carbons (Fsp3) is 0.333. The Morgan fingerprint density at radius 3 is 2.76 bits per heavy atom. The number of likely N-dealkylation sites (N-methyl/N-ethyl adjacent to an activating group) is 1. The third-order valence-corrected chi connectivity index (χ3v) is 3.43. The molecule has 0 saturated heterocycles. The van der Waals surface area contributed by atoms with E-state index in [2.05, 4.69) is 34.9 Å². The van der Waals surface area contributed by atoms with Crippen LogP contribution in [-0.2, 0) is 19.4 Å². The zero-order valence-electron chi connectivity index (χ0n) is 9.77. The molecule has 2 unspecified atom stereocenters. The molecule has 1 aromatic rings. The van der Waals surface area contributed by atoms with Crippen LogP contribution in [-0.4, -0.2) is 28.1 Å². The monoisotopic (exact) mass is 401 g/mol. The molecule has 1 aliphatic carbocycles. The molecule has 2 rings (SSSR count). The molecule has 5 heteroatoms. The van der Waals surface area contributed by atoms with Crippen molar-refractivity contribution >= 4 is 9.92 Å². The van der Waals surface area contributed by atoms with Crippen molar-refractivity contribution in [2.45, 2.75) is 18.9 Å². The third-order valence-electron chi connectivity index (χ3n) is 3.10. The van der Waals surface area contributed by atoms with Crippen LogP contribution in [0.1, 0.15) is 24.0 Å². The molecule has 0 fully saturated rings. The van der Waals surface area contributed by atoms with Crippen LogP contribution in [0.2, 0.25) is 0 Å². The molecule has 0 aliphatic heterocycles. The van der Waals surface area contributed by atoms with E-state index in [0.717, 1.165) is 30.6 Å². The number of hydrazone groups is 1. The van der Waals surface area contributed by atoms with E-state index in [-0.39, 0.29) is 10.2 Å². The topological polar surface area (TPSA) is 56.7 Å². The first-order chi connectivity index (χ1) is 8.15. The van der Waals surface area contributed by atoms with Crippen molar-refractivity contribution in [1.29, 1.82) is 0 Å². The van der Waals surface area contributed by atoms with Gasteiger partial charge in [-0.15, -0.1) is 0 Å². The SMILES string of the molecule is CNC1/C(=N\N[C](O)=[W])c2ccccc2C1C. The Bertz CT molecular complexity index is 473. The first-order valence-electron chi connectivity index (χ1n) is 5.48. The van der Waals surface area contributed by atoms with Gasteiger partial charge in [0.2, 0.25) is 0 Å². The molecule has 0 saturated carbocycles. The zero-order chi connectivity index (χ0) is 12.4. The molecule has 1 aliphatic rings. The van der Waals surface area contributed by atoms with Crippen LogP contribution in [0.15, 0.2) is 29.4 Å². The predicted molar refractivity (Wildman–Crippen MR) is 64.3 cm³/mol. The minimum atomic E-state index is 0.185. The van der Waals surface area contributed by atoms with Crippen LogP contribution in [0.3, 0.4) is 0 Å². The van der Waals surface area contributed by atoms with Crippen molar-refractivity contribution < 1.29 is 24.5 Å². The molecule has 17 heavy (non-hydrogen) atoms. The van der Waals surface area contributed by atoms with Gasteiger partial charge < -0.3 is 0 Å².